The summed E-state index contributed by atoms with van der Waals surface area (Å²) in [5.41, 5.74) is 12.4. The van der Waals surface area contributed by atoms with Crippen molar-refractivity contribution in [3.63, 3.8) is 0 Å². The van der Waals surface area contributed by atoms with Gasteiger partial charge in [0.15, 0.2) is 0 Å². The van der Waals surface area contributed by atoms with Crippen LogP contribution in [-0.4, -0.2) is 0 Å². The average molecular weight is 170 g/mol. The third kappa shape index (κ3) is 2.36. The minimum Gasteiger partial charge on any atom is -0.399 e. The Morgan fingerprint density at radius 1 is 1.09 bits per heavy atom. The van der Waals surface area contributed by atoms with E-state index in [1.807, 2.05) is 6.07 Å². The smallest absolute Gasteiger partial charge is 0.0993 e. The van der Waals surface area contributed by atoms with Gasteiger partial charge >= 0.3 is 0 Å². The normalized spacial score (nSPS) is 7.91. The van der Waals surface area contributed by atoms with Crippen molar-refractivity contribution >= 4 is 23.8 Å². The van der Waals surface area contributed by atoms with Crippen LogP contribution in [0.3, 0.4) is 0 Å². The van der Waals surface area contributed by atoms with Gasteiger partial charge in [-0.05, 0) is 18.2 Å². The molecule has 1 aromatic rings. The summed E-state index contributed by atoms with van der Waals surface area (Å²) in [6, 6.07) is 6.72. The first-order valence-electron chi connectivity index (χ1n) is 2.78. The predicted octanol–water partition coefficient (Wildman–Crippen LogP) is 1.14. The second-order valence-corrected chi connectivity index (χ2v) is 2.00. The first kappa shape index (κ1) is 9.60. The highest BCUT2D eigenvalue weighted by Crippen LogP contribution is 2.11. The molecule has 0 bridgehead atoms. The summed E-state index contributed by atoms with van der Waals surface area (Å²) in [5.74, 6) is 0. The lowest BCUT2D eigenvalue weighted by molar-refractivity contribution is 1.48. The summed E-state index contributed by atoms with van der Waals surface area (Å²) in [6.45, 7) is 0. The molecule has 4 heteroatoms. The van der Waals surface area contributed by atoms with E-state index in [2.05, 4.69) is 0 Å². The van der Waals surface area contributed by atoms with Crippen LogP contribution < -0.4 is 11.5 Å². The van der Waals surface area contributed by atoms with Crippen LogP contribution in [0.5, 0.6) is 0 Å². The number of halogens is 1. The van der Waals surface area contributed by atoms with Crippen molar-refractivity contribution in [1.29, 1.82) is 5.26 Å². The molecule has 0 saturated heterocycles. The van der Waals surface area contributed by atoms with Crippen molar-refractivity contribution in [2.45, 2.75) is 0 Å². The van der Waals surface area contributed by atoms with Crippen LogP contribution in [0.2, 0.25) is 0 Å². The van der Waals surface area contributed by atoms with Gasteiger partial charge in [0.05, 0.1) is 11.6 Å². The molecule has 4 N–H and O–H groups in total. The Hall–Kier alpha value is -1.40. The Bertz CT molecular complexity index is 270. The van der Waals surface area contributed by atoms with Crippen LogP contribution in [0.15, 0.2) is 18.2 Å². The summed E-state index contributed by atoms with van der Waals surface area (Å²) in [5, 5.41) is 8.43. The molecule has 0 atom stereocenters. The lowest BCUT2D eigenvalue weighted by Gasteiger charge is -1.95. The van der Waals surface area contributed by atoms with Crippen LogP contribution in [0.1, 0.15) is 5.56 Å². The molecule has 58 valence electrons. The second kappa shape index (κ2) is 3.69. The Balaban J connectivity index is 0.000001000. The Labute approximate surface area is 71.0 Å². The van der Waals surface area contributed by atoms with Crippen LogP contribution in [0.4, 0.5) is 11.4 Å². The number of anilines is 2. The van der Waals surface area contributed by atoms with E-state index in [1.54, 1.807) is 18.2 Å². The maximum atomic E-state index is 8.43. The van der Waals surface area contributed by atoms with Gasteiger partial charge in [-0.15, -0.1) is 12.4 Å². The zero-order valence-electron chi connectivity index (χ0n) is 5.74. The number of nitriles is 1. The van der Waals surface area contributed by atoms with E-state index < -0.39 is 0 Å². The van der Waals surface area contributed by atoms with E-state index in [-0.39, 0.29) is 12.4 Å². The lowest BCUT2D eigenvalue weighted by Crippen LogP contribution is -1.90. The second-order valence-electron chi connectivity index (χ2n) is 2.00. The minimum atomic E-state index is 0. The van der Waals surface area contributed by atoms with Crippen molar-refractivity contribution < 1.29 is 0 Å². The maximum Gasteiger partial charge on any atom is 0.0993 e. The van der Waals surface area contributed by atoms with Crippen molar-refractivity contribution in [3.05, 3.63) is 23.8 Å². The highest BCUT2D eigenvalue weighted by atomic mass is 35.5. The monoisotopic (exact) mass is 169 g/mol. The number of benzene rings is 1. The fraction of sp³-hybridized carbons (Fsp3) is 0. The Morgan fingerprint density at radius 2 is 1.55 bits per heavy atom. The van der Waals surface area contributed by atoms with E-state index >= 15 is 0 Å². The number of nitrogen functional groups attached to an aromatic ring is 2. The molecule has 0 radical (unpaired) electrons. The number of rotatable bonds is 0. The van der Waals surface area contributed by atoms with Gasteiger partial charge in [-0.1, -0.05) is 0 Å². The van der Waals surface area contributed by atoms with E-state index in [1.165, 1.54) is 0 Å². The summed E-state index contributed by atoms with van der Waals surface area (Å²) < 4.78 is 0. The van der Waals surface area contributed by atoms with Gasteiger partial charge in [0, 0.05) is 11.4 Å². The highest BCUT2D eigenvalue weighted by Gasteiger charge is 1.92. The molecule has 0 aliphatic carbocycles. The van der Waals surface area contributed by atoms with Crippen LogP contribution in [-0.2, 0) is 0 Å². The number of hydrogen-bond acceptors (Lipinski definition) is 3. The molecule has 0 spiro atoms. The fourth-order valence-corrected chi connectivity index (χ4v) is 0.741. The highest BCUT2D eigenvalue weighted by molar-refractivity contribution is 5.85. The molecule has 1 aromatic carbocycles. The minimum absolute atomic E-state index is 0. The van der Waals surface area contributed by atoms with E-state index in [0.29, 0.717) is 16.9 Å². The van der Waals surface area contributed by atoms with Crippen LogP contribution in [0.25, 0.3) is 0 Å². The largest absolute Gasteiger partial charge is 0.399 e. The van der Waals surface area contributed by atoms with E-state index in [0.717, 1.165) is 0 Å². The van der Waals surface area contributed by atoms with Gasteiger partial charge in [-0.3, -0.25) is 0 Å². The summed E-state index contributed by atoms with van der Waals surface area (Å²) in [7, 11) is 0. The van der Waals surface area contributed by atoms with Gasteiger partial charge in [0.25, 0.3) is 0 Å². The zero-order valence-corrected chi connectivity index (χ0v) is 6.56. The topological polar surface area (TPSA) is 75.8 Å². The molecule has 1 rings (SSSR count). The van der Waals surface area contributed by atoms with Crippen molar-refractivity contribution in [3.8, 4) is 6.07 Å². The molecule has 0 fully saturated rings. The molecule has 0 saturated carbocycles. The standard InChI is InChI=1S/C7H7N3.ClH/c8-4-5-1-6(9)3-7(10)2-5;/h1-3H,9-10H2;1H. The van der Waals surface area contributed by atoms with Crippen LogP contribution in [0, 0.1) is 11.3 Å². The molecule has 0 unspecified atom stereocenters. The molecule has 0 heterocycles. The molecular formula is C7H8ClN3. The average Bonchev–Trinajstić information content (AvgIpc) is 1.85. The summed E-state index contributed by atoms with van der Waals surface area (Å²) >= 11 is 0. The zero-order chi connectivity index (χ0) is 7.56. The molecule has 0 amide bonds. The van der Waals surface area contributed by atoms with Gasteiger partial charge in [-0.2, -0.15) is 5.26 Å². The number of nitrogens with zero attached hydrogens (tertiary/aromatic N) is 1. The predicted molar refractivity (Wildman–Crippen MR) is 47.2 cm³/mol. The SMILES string of the molecule is Cl.N#Cc1cc(N)cc(N)c1. The maximum absolute atomic E-state index is 8.43. The van der Waals surface area contributed by atoms with E-state index in [4.69, 9.17) is 16.7 Å². The first-order chi connectivity index (χ1) is 4.72. The fourth-order valence-electron chi connectivity index (χ4n) is 0.741. The van der Waals surface area contributed by atoms with Crippen molar-refractivity contribution in [2.24, 2.45) is 0 Å². The van der Waals surface area contributed by atoms with E-state index in [9.17, 15) is 0 Å². The lowest BCUT2D eigenvalue weighted by atomic mass is 10.2. The van der Waals surface area contributed by atoms with Crippen molar-refractivity contribution in [2.75, 3.05) is 11.5 Å². The first-order valence-corrected chi connectivity index (χ1v) is 2.78. The molecule has 0 aliphatic rings. The van der Waals surface area contributed by atoms with Gasteiger partial charge in [0.2, 0.25) is 0 Å². The van der Waals surface area contributed by atoms with Gasteiger partial charge in [-0.25, -0.2) is 0 Å². The quantitative estimate of drug-likeness (QED) is 0.572. The Kier molecular flexibility index (Phi) is 3.22. The van der Waals surface area contributed by atoms with Crippen LogP contribution >= 0.6 is 12.4 Å². The Morgan fingerprint density at radius 3 is 1.91 bits per heavy atom. The van der Waals surface area contributed by atoms with Crippen molar-refractivity contribution in [1.82, 2.24) is 0 Å². The molecule has 0 aliphatic heterocycles. The summed E-state index contributed by atoms with van der Waals surface area (Å²) in [6.07, 6.45) is 0. The molecule has 0 aromatic heterocycles. The number of nitrogens with two attached hydrogens (primary N) is 2. The molecular weight excluding hydrogens is 162 g/mol. The molecule has 3 nitrogen and oxygen atoms in total. The third-order valence-electron chi connectivity index (χ3n) is 1.11. The van der Waals surface area contributed by atoms with Gasteiger partial charge < -0.3 is 11.5 Å². The summed E-state index contributed by atoms with van der Waals surface area (Å²) in [4.78, 5) is 0. The van der Waals surface area contributed by atoms with Gasteiger partial charge in [0.1, 0.15) is 0 Å². The molecule has 11 heavy (non-hydrogen) atoms. The number of hydrogen-bond donors (Lipinski definition) is 2. The third-order valence-corrected chi connectivity index (χ3v) is 1.11.